The van der Waals surface area contributed by atoms with Gasteiger partial charge in [0.1, 0.15) is 0 Å². The van der Waals surface area contributed by atoms with Crippen LogP contribution in [0.1, 0.15) is 47.2 Å². The molecule has 0 heterocycles. The third-order valence-electron chi connectivity index (χ3n) is 4.67. The maximum Gasteiger partial charge on any atom is 0.170 e. The zero-order valence-corrected chi connectivity index (χ0v) is 11.1. The maximum atomic E-state index is 12.7. The highest BCUT2D eigenvalue weighted by atomic mass is 16.1. The normalized spacial score (nSPS) is 20.3. The van der Waals surface area contributed by atoms with Crippen LogP contribution in [-0.2, 0) is 12.8 Å². The fourth-order valence-electron chi connectivity index (χ4n) is 3.45. The Balaban J connectivity index is 1.88. The Bertz CT molecular complexity index is 474. The molecule has 0 aromatic heterocycles. The SMILES string of the molecule is CNCC1(C(=O)c2ccc3c(c2)CCC3)CCC1. The largest absolute Gasteiger partial charge is 0.319 e. The van der Waals surface area contributed by atoms with E-state index in [0.717, 1.165) is 31.4 Å². The fourth-order valence-corrected chi connectivity index (χ4v) is 3.45. The summed E-state index contributed by atoms with van der Waals surface area (Å²) in [5.41, 5.74) is 3.68. The first-order chi connectivity index (χ1) is 8.75. The number of ketones is 1. The number of carbonyl (C=O) groups is 1. The van der Waals surface area contributed by atoms with Crippen molar-refractivity contribution in [3.05, 3.63) is 34.9 Å². The van der Waals surface area contributed by atoms with Gasteiger partial charge in [0.25, 0.3) is 0 Å². The average Bonchev–Trinajstić information content (AvgIpc) is 2.80. The zero-order chi connectivity index (χ0) is 12.6. The highest BCUT2D eigenvalue weighted by molar-refractivity contribution is 6.01. The van der Waals surface area contributed by atoms with Crippen LogP contribution in [-0.4, -0.2) is 19.4 Å². The number of fused-ring (bicyclic) bond motifs is 1. The Hall–Kier alpha value is -1.15. The minimum atomic E-state index is -0.110. The molecule has 2 aliphatic rings. The van der Waals surface area contributed by atoms with Crippen molar-refractivity contribution in [3.8, 4) is 0 Å². The Kier molecular flexibility index (Phi) is 2.98. The molecule has 2 heteroatoms. The van der Waals surface area contributed by atoms with Gasteiger partial charge in [-0.05, 0) is 56.3 Å². The van der Waals surface area contributed by atoms with Crippen molar-refractivity contribution < 1.29 is 4.79 Å². The molecular weight excluding hydrogens is 222 g/mol. The molecular formula is C16H21NO. The van der Waals surface area contributed by atoms with Gasteiger partial charge in [-0.1, -0.05) is 18.6 Å². The van der Waals surface area contributed by atoms with Crippen LogP contribution in [0.5, 0.6) is 0 Å². The van der Waals surface area contributed by atoms with Gasteiger partial charge in [0.05, 0.1) is 0 Å². The number of benzene rings is 1. The third-order valence-corrected chi connectivity index (χ3v) is 4.67. The molecule has 2 aliphatic carbocycles. The third kappa shape index (κ3) is 1.79. The molecule has 0 amide bonds. The number of carbonyl (C=O) groups excluding carboxylic acids is 1. The van der Waals surface area contributed by atoms with E-state index in [1.54, 1.807) is 0 Å². The summed E-state index contributed by atoms with van der Waals surface area (Å²) in [4.78, 5) is 12.7. The minimum Gasteiger partial charge on any atom is -0.319 e. The summed E-state index contributed by atoms with van der Waals surface area (Å²) in [6, 6.07) is 6.36. The number of hydrogen-bond acceptors (Lipinski definition) is 2. The van der Waals surface area contributed by atoms with Gasteiger partial charge < -0.3 is 5.32 Å². The summed E-state index contributed by atoms with van der Waals surface area (Å²) in [7, 11) is 1.94. The summed E-state index contributed by atoms with van der Waals surface area (Å²) in [5, 5.41) is 3.19. The minimum absolute atomic E-state index is 0.110. The van der Waals surface area contributed by atoms with Gasteiger partial charge in [0, 0.05) is 17.5 Å². The molecule has 1 N–H and O–H groups in total. The lowest BCUT2D eigenvalue weighted by molar-refractivity contribution is 0.0614. The van der Waals surface area contributed by atoms with Crippen molar-refractivity contribution in [3.63, 3.8) is 0 Å². The smallest absolute Gasteiger partial charge is 0.170 e. The topological polar surface area (TPSA) is 29.1 Å². The van der Waals surface area contributed by atoms with Crippen LogP contribution in [0.25, 0.3) is 0 Å². The van der Waals surface area contributed by atoms with Crippen molar-refractivity contribution >= 4 is 5.78 Å². The lowest BCUT2D eigenvalue weighted by Gasteiger charge is -2.40. The molecule has 1 aromatic carbocycles. The van der Waals surface area contributed by atoms with Crippen molar-refractivity contribution in [1.29, 1.82) is 0 Å². The Labute approximate surface area is 109 Å². The average molecular weight is 243 g/mol. The summed E-state index contributed by atoms with van der Waals surface area (Å²) in [6.45, 7) is 0.822. The van der Waals surface area contributed by atoms with Gasteiger partial charge in [0.2, 0.25) is 0 Å². The molecule has 0 unspecified atom stereocenters. The molecule has 1 saturated carbocycles. The second-order valence-electron chi connectivity index (χ2n) is 5.83. The van der Waals surface area contributed by atoms with Gasteiger partial charge in [0.15, 0.2) is 5.78 Å². The van der Waals surface area contributed by atoms with Gasteiger partial charge in [-0.25, -0.2) is 0 Å². The summed E-state index contributed by atoms with van der Waals surface area (Å²) in [5.74, 6) is 0.359. The first-order valence-electron chi connectivity index (χ1n) is 7.06. The van der Waals surface area contributed by atoms with Gasteiger partial charge in [-0.2, -0.15) is 0 Å². The van der Waals surface area contributed by atoms with E-state index in [4.69, 9.17) is 0 Å². The number of hydrogen-bond donors (Lipinski definition) is 1. The quantitative estimate of drug-likeness (QED) is 0.824. The molecule has 0 bridgehead atoms. The van der Waals surface area contributed by atoms with Crippen LogP contribution in [0.15, 0.2) is 18.2 Å². The molecule has 96 valence electrons. The number of Topliss-reactive ketones (excluding diaryl/α,β-unsaturated/α-hetero) is 1. The standard InChI is InChI=1S/C16H21NO/c1-17-11-16(8-3-9-16)15(18)14-7-6-12-4-2-5-13(12)10-14/h6-7,10,17H,2-5,8-9,11H2,1H3. The van der Waals surface area contributed by atoms with E-state index >= 15 is 0 Å². The molecule has 1 fully saturated rings. The molecule has 1 aromatic rings. The predicted octanol–water partition coefficient (Wildman–Crippen LogP) is 2.75. The Morgan fingerprint density at radius 1 is 1.22 bits per heavy atom. The summed E-state index contributed by atoms with van der Waals surface area (Å²) >= 11 is 0. The van der Waals surface area contributed by atoms with Crippen LogP contribution in [0.3, 0.4) is 0 Å². The van der Waals surface area contributed by atoms with E-state index in [-0.39, 0.29) is 5.41 Å². The lowest BCUT2D eigenvalue weighted by atomic mass is 9.64. The van der Waals surface area contributed by atoms with Crippen LogP contribution in [0.4, 0.5) is 0 Å². The fraction of sp³-hybridized carbons (Fsp3) is 0.562. The molecule has 0 spiro atoms. The van der Waals surface area contributed by atoms with E-state index in [1.165, 1.54) is 30.4 Å². The molecule has 0 aliphatic heterocycles. The highest BCUT2D eigenvalue weighted by Gasteiger charge is 2.43. The first kappa shape index (κ1) is 11.9. The summed E-state index contributed by atoms with van der Waals surface area (Å²) < 4.78 is 0. The van der Waals surface area contributed by atoms with Crippen LogP contribution >= 0.6 is 0 Å². The van der Waals surface area contributed by atoms with Crippen molar-refractivity contribution in [2.45, 2.75) is 38.5 Å². The monoisotopic (exact) mass is 243 g/mol. The molecule has 0 radical (unpaired) electrons. The predicted molar refractivity (Wildman–Crippen MR) is 73.0 cm³/mol. The van der Waals surface area contributed by atoms with Gasteiger partial charge in [-0.15, -0.1) is 0 Å². The molecule has 0 saturated heterocycles. The second-order valence-corrected chi connectivity index (χ2v) is 5.83. The Morgan fingerprint density at radius 2 is 2.00 bits per heavy atom. The highest BCUT2D eigenvalue weighted by Crippen LogP contribution is 2.43. The van der Waals surface area contributed by atoms with E-state index in [2.05, 4.69) is 17.4 Å². The molecule has 18 heavy (non-hydrogen) atoms. The van der Waals surface area contributed by atoms with Crippen molar-refractivity contribution in [2.75, 3.05) is 13.6 Å². The van der Waals surface area contributed by atoms with Crippen LogP contribution in [0.2, 0.25) is 0 Å². The lowest BCUT2D eigenvalue weighted by Crippen LogP contribution is -2.45. The van der Waals surface area contributed by atoms with E-state index < -0.39 is 0 Å². The maximum absolute atomic E-state index is 12.7. The number of nitrogens with one attached hydrogen (secondary N) is 1. The molecule has 2 nitrogen and oxygen atoms in total. The van der Waals surface area contributed by atoms with E-state index in [0.29, 0.717) is 5.78 Å². The van der Waals surface area contributed by atoms with E-state index in [9.17, 15) is 4.79 Å². The summed E-state index contributed by atoms with van der Waals surface area (Å²) in [6.07, 6.45) is 6.86. The zero-order valence-electron chi connectivity index (χ0n) is 11.1. The van der Waals surface area contributed by atoms with Gasteiger partial charge in [-0.3, -0.25) is 4.79 Å². The molecule has 0 atom stereocenters. The number of rotatable bonds is 4. The first-order valence-corrected chi connectivity index (χ1v) is 7.06. The van der Waals surface area contributed by atoms with Crippen molar-refractivity contribution in [1.82, 2.24) is 5.32 Å². The number of aryl methyl sites for hydroxylation is 2. The second kappa shape index (κ2) is 4.51. The Morgan fingerprint density at radius 3 is 2.67 bits per heavy atom. The van der Waals surface area contributed by atoms with Crippen LogP contribution < -0.4 is 5.32 Å². The molecule has 3 rings (SSSR count). The van der Waals surface area contributed by atoms with Crippen LogP contribution in [0, 0.1) is 5.41 Å². The van der Waals surface area contributed by atoms with Crippen molar-refractivity contribution in [2.24, 2.45) is 5.41 Å². The van der Waals surface area contributed by atoms with E-state index in [1.807, 2.05) is 13.1 Å². The van der Waals surface area contributed by atoms with Gasteiger partial charge >= 0.3 is 0 Å².